The monoisotopic (exact) mass is 296 g/mol. The average molecular weight is 297 g/mol. The first-order valence-corrected chi connectivity index (χ1v) is 7.87. The molecule has 0 aliphatic carbocycles. The zero-order valence-corrected chi connectivity index (χ0v) is 13.2. The Morgan fingerprint density at radius 3 is 2.90 bits per heavy atom. The Hall–Kier alpha value is -0.770. The topological polar surface area (TPSA) is 35.5 Å². The van der Waals surface area contributed by atoms with Gasteiger partial charge in [0.2, 0.25) is 0 Å². The summed E-state index contributed by atoms with van der Waals surface area (Å²) in [6, 6.07) is 6.09. The molecule has 0 aromatic heterocycles. The molecule has 1 saturated heterocycles. The van der Waals surface area contributed by atoms with Crippen molar-refractivity contribution in [3.05, 3.63) is 28.8 Å². The third kappa shape index (κ3) is 3.87. The Morgan fingerprint density at radius 2 is 2.15 bits per heavy atom. The number of nitrogens with one attached hydrogen (secondary N) is 1. The number of hydrogen-bond donors (Lipinski definition) is 2. The van der Waals surface area contributed by atoms with Crippen molar-refractivity contribution in [1.82, 2.24) is 5.32 Å². The third-order valence-electron chi connectivity index (χ3n) is 4.02. The number of benzene rings is 1. The predicted octanol–water partition coefficient (Wildman–Crippen LogP) is 3.19. The molecule has 1 aliphatic heterocycles. The van der Waals surface area contributed by atoms with Crippen LogP contribution in [0, 0.1) is 0 Å². The van der Waals surface area contributed by atoms with Crippen LogP contribution in [0.25, 0.3) is 0 Å². The van der Waals surface area contributed by atoms with E-state index in [2.05, 4.69) is 23.2 Å². The third-order valence-corrected chi connectivity index (χ3v) is 4.32. The fraction of sp³-hybridized carbons (Fsp3) is 0.625. The van der Waals surface area contributed by atoms with Crippen LogP contribution in [0.2, 0.25) is 5.02 Å². The van der Waals surface area contributed by atoms with E-state index < -0.39 is 5.60 Å². The van der Waals surface area contributed by atoms with Gasteiger partial charge in [0.15, 0.2) is 0 Å². The van der Waals surface area contributed by atoms with Crippen LogP contribution in [0.1, 0.15) is 38.7 Å². The summed E-state index contributed by atoms with van der Waals surface area (Å²) in [5.74, 6) is 0. The number of nitrogens with zero attached hydrogens (tertiary/aromatic N) is 1. The van der Waals surface area contributed by atoms with E-state index in [1.54, 1.807) is 0 Å². The molecule has 1 fully saturated rings. The van der Waals surface area contributed by atoms with E-state index in [0.29, 0.717) is 0 Å². The van der Waals surface area contributed by atoms with E-state index in [-0.39, 0.29) is 0 Å². The minimum Gasteiger partial charge on any atom is -0.390 e. The van der Waals surface area contributed by atoms with E-state index in [1.807, 2.05) is 19.1 Å². The second-order valence-electron chi connectivity index (χ2n) is 5.87. The molecule has 1 aliphatic rings. The maximum atomic E-state index is 10.2. The highest BCUT2D eigenvalue weighted by molar-refractivity contribution is 6.33. The molecule has 1 atom stereocenters. The van der Waals surface area contributed by atoms with Gasteiger partial charge in [-0.05, 0) is 44.4 Å². The zero-order valence-electron chi connectivity index (χ0n) is 12.5. The first-order chi connectivity index (χ1) is 9.53. The van der Waals surface area contributed by atoms with Crippen LogP contribution >= 0.6 is 11.6 Å². The normalized spacial score (nSPS) is 23.7. The maximum Gasteiger partial charge on any atom is 0.0642 e. The van der Waals surface area contributed by atoms with Gasteiger partial charge in [0.05, 0.1) is 16.3 Å². The molecule has 1 aromatic rings. The van der Waals surface area contributed by atoms with E-state index in [9.17, 15) is 5.11 Å². The first-order valence-electron chi connectivity index (χ1n) is 7.49. The van der Waals surface area contributed by atoms with Gasteiger partial charge in [-0.25, -0.2) is 0 Å². The van der Waals surface area contributed by atoms with Crippen molar-refractivity contribution in [2.45, 2.75) is 45.3 Å². The van der Waals surface area contributed by atoms with Crippen molar-refractivity contribution in [2.75, 3.05) is 24.5 Å². The lowest BCUT2D eigenvalue weighted by molar-refractivity contribution is 0.0481. The summed E-state index contributed by atoms with van der Waals surface area (Å²) >= 11 is 6.43. The van der Waals surface area contributed by atoms with E-state index >= 15 is 0 Å². The quantitative estimate of drug-likeness (QED) is 0.896. The minimum absolute atomic E-state index is 0.544. The molecule has 4 heteroatoms. The summed E-state index contributed by atoms with van der Waals surface area (Å²) in [6.45, 7) is 7.63. The molecule has 20 heavy (non-hydrogen) atoms. The van der Waals surface area contributed by atoms with Crippen molar-refractivity contribution in [2.24, 2.45) is 0 Å². The van der Waals surface area contributed by atoms with Crippen molar-refractivity contribution in [1.29, 1.82) is 0 Å². The van der Waals surface area contributed by atoms with Crippen molar-refractivity contribution >= 4 is 17.3 Å². The van der Waals surface area contributed by atoms with E-state index in [4.69, 9.17) is 11.6 Å². The molecule has 0 bridgehead atoms. The van der Waals surface area contributed by atoms with Gasteiger partial charge in [0.25, 0.3) is 0 Å². The second-order valence-corrected chi connectivity index (χ2v) is 6.27. The van der Waals surface area contributed by atoms with Gasteiger partial charge >= 0.3 is 0 Å². The number of rotatable bonds is 4. The SMILES string of the molecule is CCNCc1cccc(Cl)c1N1CCCC(C)(O)CC1. The number of aliphatic hydroxyl groups is 1. The molecule has 2 rings (SSSR count). The number of hydrogen-bond acceptors (Lipinski definition) is 3. The molecule has 0 radical (unpaired) electrons. The van der Waals surface area contributed by atoms with E-state index in [1.165, 1.54) is 5.56 Å². The highest BCUT2D eigenvalue weighted by Crippen LogP contribution is 2.33. The Morgan fingerprint density at radius 1 is 1.35 bits per heavy atom. The zero-order chi connectivity index (χ0) is 14.6. The predicted molar refractivity (Wildman–Crippen MR) is 85.5 cm³/mol. The van der Waals surface area contributed by atoms with Crippen molar-refractivity contribution < 1.29 is 5.11 Å². The molecule has 2 N–H and O–H groups in total. The Balaban J connectivity index is 2.22. The summed E-state index contributed by atoms with van der Waals surface area (Å²) in [5.41, 5.74) is 1.83. The second kappa shape index (κ2) is 6.79. The van der Waals surface area contributed by atoms with Crippen molar-refractivity contribution in [3.8, 4) is 0 Å². The fourth-order valence-corrected chi connectivity index (χ4v) is 3.12. The number of halogens is 1. The summed E-state index contributed by atoms with van der Waals surface area (Å²) in [6.07, 6.45) is 2.65. The highest BCUT2D eigenvalue weighted by Gasteiger charge is 2.26. The Labute approximate surface area is 126 Å². The summed E-state index contributed by atoms with van der Waals surface area (Å²) in [7, 11) is 0. The van der Waals surface area contributed by atoms with Crippen molar-refractivity contribution in [3.63, 3.8) is 0 Å². The standard InChI is InChI=1S/C16H25ClN2O/c1-3-18-12-13-6-4-7-14(17)15(13)19-10-5-8-16(2,20)9-11-19/h4,6-7,18,20H,3,5,8-12H2,1-2H3. The average Bonchev–Trinajstić information content (AvgIpc) is 2.57. The molecule has 0 amide bonds. The lowest BCUT2D eigenvalue weighted by atomic mass is 9.98. The minimum atomic E-state index is -0.544. The van der Waals surface area contributed by atoms with Crippen LogP contribution < -0.4 is 10.2 Å². The molecule has 3 nitrogen and oxygen atoms in total. The van der Waals surface area contributed by atoms with Crippen LogP contribution in [-0.2, 0) is 6.54 Å². The van der Waals surface area contributed by atoms with Gasteiger partial charge in [-0.2, -0.15) is 0 Å². The van der Waals surface area contributed by atoms with Gasteiger partial charge in [-0.15, -0.1) is 0 Å². The lowest BCUT2D eigenvalue weighted by Crippen LogP contribution is -2.29. The lowest BCUT2D eigenvalue weighted by Gasteiger charge is -2.27. The number of para-hydroxylation sites is 1. The van der Waals surface area contributed by atoms with Gasteiger partial charge < -0.3 is 15.3 Å². The van der Waals surface area contributed by atoms with Crippen LogP contribution in [0.3, 0.4) is 0 Å². The van der Waals surface area contributed by atoms with Crippen LogP contribution in [0.4, 0.5) is 5.69 Å². The molecule has 0 saturated carbocycles. The molecule has 1 heterocycles. The van der Waals surface area contributed by atoms with Gasteiger partial charge in [0.1, 0.15) is 0 Å². The van der Waals surface area contributed by atoms with Crippen LogP contribution in [-0.4, -0.2) is 30.3 Å². The van der Waals surface area contributed by atoms with Crippen LogP contribution in [0.15, 0.2) is 18.2 Å². The Bertz CT molecular complexity index is 448. The molecule has 0 spiro atoms. The maximum absolute atomic E-state index is 10.2. The molecular weight excluding hydrogens is 272 g/mol. The fourth-order valence-electron chi connectivity index (χ4n) is 2.80. The molecular formula is C16H25ClN2O. The molecule has 1 unspecified atom stereocenters. The smallest absolute Gasteiger partial charge is 0.0642 e. The summed E-state index contributed by atoms with van der Waals surface area (Å²) in [5, 5.41) is 14.4. The molecule has 112 valence electrons. The Kier molecular flexibility index (Phi) is 5.30. The largest absolute Gasteiger partial charge is 0.390 e. The first kappa shape index (κ1) is 15.6. The van der Waals surface area contributed by atoms with E-state index in [0.717, 1.165) is 56.2 Å². The number of anilines is 1. The van der Waals surface area contributed by atoms with Gasteiger partial charge in [0, 0.05) is 19.6 Å². The van der Waals surface area contributed by atoms with Gasteiger partial charge in [-0.3, -0.25) is 0 Å². The highest BCUT2D eigenvalue weighted by atomic mass is 35.5. The van der Waals surface area contributed by atoms with Gasteiger partial charge in [-0.1, -0.05) is 30.7 Å². The summed E-state index contributed by atoms with van der Waals surface area (Å²) < 4.78 is 0. The summed E-state index contributed by atoms with van der Waals surface area (Å²) in [4.78, 5) is 2.33. The molecule has 1 aromatic carbocycles. The van der Waals surface area contributed by atoms with Crippen LogP contribution in [0.5, 0.6) is 0 Å².